The molecule has 0 bridgehead atoms. The van der Waals surface area contributed by atoms with Gasteiger partial charge in [0.15, 0.2) is 0 Å². The molecule has 1 saturated carbocycles. The number of hydrogen-bond acceptors (Lipinski definition) is 6. The Balaban J connectivity index is 1.78. The largest absolute Gasteiger partial charge is 0.459 e. The molecule has 0 aliphatic heterocycles. The highest BCUT2D eigenvalue weighted by atomic mass is 32.2. The van der Waals surface area contributed by atoms with Crippen molar-refractivity contribution in [1.29, 1.82) is 0 Å². The van der Waals surface area contributed by atoms with Gasteiger partial charge in [-0.05, 0) is 38.3 Å². The lowest BCUT2D eigenvalue weighted by atomic mass is 10.1. The second-order valence-electron chi connectivity index (χ2n) is 9.39. The Kier molecular flexibility index (Phi) is 13.9. The number of amides is 1. The second kappa shape index (κ2) is 16.3. The summed E-state index contributed by atoms with van der Waals surface area (Å²) in [5, 5.41) is 0. The van der Waals surface area contributed by atoms with E-state index in [1.54, 1.807) is 24.0 Å². The van der Waals surface area contributed by atoms with Gasteiger partial charge in [-0.15, -0.1) is 11.3 Å². The van der Waals surface area contributed by atoms with E-state index >= 15 is 0 Å². The van der Waals surface area contributed by atoms with E-state index < -0.39 is 21.9 Å². The molecular weight excluding hydrogens is 484 g/mol. The van der Waals surface area contributed by atoms with Crippen LogP contribution in [-0.2, 0) is 30.9 Å². The van der Waals surface area contributed by atoms with Gasteiger partial charge < -0.3 is 9.64 Å². The SMILES string of the molecule is CCCCCCCCCCCCNS(=O)(=O)c1ccc(CN(C(=O)C(=O)OCC)C2CCCC2)s1. The van der Waals surface area contributed by atoms with E-state index in [9.17, 15) is 18.0 Å². The van der Waals surface area contributed by atoms with E-state index in [1.807, 2.05) is 0 Å². The van der Waals surface area contributed by atoms with Crippen molar-refractivity contribution in [2.75, 3.05) is 13.2 Å². The number of unbranched alkanes of at least 4 members (excludes halogenated alkanes) is 9. The summed E-state index contributed by atoms with van der Waals surface area (Å²) in [6, 6.07) is 3.31. The van der Waals surface area contributed by atoms with Crippen molar-refractivity contribution >= 4 is 33.2 Å². The molecular formula is C26H44N2O5S2. The molecule has 0 spiro atoms. The van der Waals surface area contributed by atoms with Crippen molar-refractivity contribution in [3.05, 3.63) is 17.0 Å². The average molecular weight is 529 g/mol. The fourth-order valence-electron chi connectivity index (χ4n) is 4.54. The van der Waals surface area contributed by atoms with Gasteiger partial charge in [-0.3, -0.25) is 4.79 Å². The lowest BCUT2D eigenvalue weighted by Gasteiger charge is -2.27. The van der Waals surface area contributed by atoms with Crippen LogP contribution in [0.3, 0.4) is 0 Å². The van der Waals surface area contributed by atoms with Crippen molar-refractivity contribution in [3.63, 3.8) is 0 Å². The molecule has 0 atom stereocenters. The van der Waals surface area contributed by atoms with Crippen LogP contribution in [0.2, 0.25) is 0 Å². The molecule has 7 nitrogen and oxygen atoms in total. The maximum atomic E-state index is 12.7. The first-order chi connectivity index (χ1) is 16.9. The molecule has 9 heteroatoms. The molecule has 1 N–H and O–H groups in total. The molecule has 1 amide bonds. The van der Waals surface area contributed by atoms with E-state index in [0.29, 0.717) is 6.54 Å². The summed E-state index contributed by atoms with van der Waals surface area (Å²) in [5.41, 5.74) is 0. The molecule has 1 aliphatic rings. The highest BCUT2D eigenvalue weighted by Crippen LogP contribution is 2.28. The van der Waals surface area contributed by atoms with E-state index in [4.69, 9.17) is 4.74 Å². The highest BCUT2D eigenvalue weighted by molar-refractivity contribution is 7.91. The van der Waals surface area contributed by atoms with Crippen molar-refractivity contribution in [2.24, 2.45) is 0 Å². The van der Waals surface area contributed by atoms with Gasteiger partial charge in [-0.1, -0.05) is 77.6 Å². The number of hydrogen-bond donors (Lipinski definition) is 1. The summed E-state index contributed by atoms with van der Waals surface area (Å²) in [5.74, 6) is -1.49. The third kappa shape index (κ3) is 10.6. The van der Waals surface area contributed by atoms with Crippen molar-refractivity contribution in [3.8, 4) is 0 Å². The summed E-state index contributed by atoms with van der Waals surface area (Å²) in [4.78, 5) is 27.0. The van der Waals surface area contributed by atoms with Crippen LogP contribution in [0.4, 0.5) is 0 Å². The second-order valence-corrected chi connectivity index (χ2v) is 12.6. The zero-order valence-corrected chi connectivity index (χ0v) is 23.2. The van der Waals surface area contributed by atoms with Gasteiger partial charge in [-0.2, -0.15) is 0 Å². The van der Waals surface area contributed by atoms with Gasteiger partial charge in [-0.25, -0.2) is 17.9 Å². The first-order valence-electron chi connectivity index (χ1n) is 13.4. The summed E-state index contributed by atoms with van der Waals surface area (Å²) in [6.07, 6.45) is 15.8. The third-order valence-corrected chi connectivity index (χ3v) is 9.55. The van der Waals surface area contributed by atoms with Gasteiger partial charge >= 0.3 is 11.9 Å². The Bertz CT molecular complexity index is 863. The molecule has 2 rings (SSSR count). The highest BCUT2D eigenvalue weighted by Gasteiger charge is 2.32. The fraction of sp³-hybridized carbons (Fsp3) is 0.769. The minimum absolute atomic E-state index is 0.0106. The average Bonchev–Trinajstić information content (AvgIpc) is 3.53. The topological polar surface area (TPSA) is 92.8 Å². The van der Waals surface area contributed by atoms with Crippen LogP contribution in [0, 0.1) is 0 Å². The third-order valence-electron chi connectivity index (χ3n) is 6.53. The number of nitrogens with one attached hydrogen (secondary N) is 1. The summed E-state index contributed by atoms with van der Waals surface area (Å²) in [7, 11) is -3.58. The maximum Gasteiger partial charge on any atom is 0.397 e. The van der Waals surface area contributed by atoms with Crippen molar-refractivity contribution < 1.29 is 22.7 Å². The molecule has 1 heterocycles. The number of thiophene rings is 1. The predicted octanol–water partition coefficient (Wildman–Crippen LogP) is 5.78. The first-order valence-corrected chi connectivity index (χ1v) is 15.7. The van der Waals surface area contributed by atoms with Crippen LogP contribution in [0.15, 0.2) is 16.3 Å². The molecule has 1 aromatic rings. The van der Waals surface area contributed by atoms with Crippen molar-refractivity contribution in [1.82, 2.24) is 9.62 Å². The van der Waals surface area contributed by atoms with Gasteiger partial charge in [0.05, 0.1) is 13.2 Å². The lowest BCUT2D eigenvalue weighted by Crippen LogP contribution is -2.42. The first kappa shape index (κ1) is 29.8. The van der Waals surface area contributed by atoms with E-state index in [-0.39, 0.29) is 23.4 Å². The van der Waals surface area contributed by atoms with Crippen LogP contribution in [0.25, 0.3) is 0 Å². The zero-order valence-electron chi connectivity index (χ0n) is 21.6. The molecule has 0 unspecified atom stereocenters. The summed E-state index contributed by atoms with van der Waals surface area (Å²) in [6.45, 7) is 4.70. The quantitative estimate of drug-likeness (QED) is 0.157. The summed E-state index contributed by atoms with van der Waals surface area (Å²) >= 11 is 1.16. The number of carbonyl (C=O) groups excluding carboxylic acids is 2. The van der Waals surface area contributed by atoms with E-state index in [0.717, 1.165) is 61.2 Å². The normalized spacial score (nSPS) is 14.3. The number of nitrogens with zero attached hydrogens (tertiary/aromatic N) is 1. The minimum Gasteiger partial charge on any atom is -0.459 e. The number of sulfonamides is 1. The van der Waals surface area contributed by atoms with Crippen LogP contribution < -0.4 is 4.72 Å². The number of carbonyl (C=O) groups is 2. The molecule has 0 aromatic carbocycles. The maximum absolute atomic E-state index is 12.7. The monoisotopic (exact) mass is 528 g/mol. The smallest absolute Gasteiger partial charge is 0.397 e. The van der Waals surface area contributed by atoms with Gasteiger partial charge in [0, 0.05) is 17.5 Å². The molecule has 0 radical (unpaired) electrons. The van der Waals surface area contributed by atoms with Crippen molar-refractivity contribution in [2.45, 2.75) is 121 Å². The Hall–Kier alpha value is -1.45. The van der Waals surface area contributed by atoms with E-state index in [1.165, 1.54) is 44.9 Å². The number of ether oxygens (including phenoxy) is 1. The zero-order chi connectivity index (χ0) is 25.5. The number of rotatable bonds is 17. The standard InChI is InChI=1S/C26H44N2O5S2/c1-3-5-6-7-8-9-10-11-12-15-20-27-35(31,32)24-19-18-23(34-24)21-28(22-16-13-14-17-22)25(29)26(30)33-4-2/h18-19,22,27H,3-17,20-21H2,1-2H3. The Morgan fingerprint density at radius 2 is 1.57 bits per heavy atom. The van der Waals surface area contributed by atoms with Gasteiger partial charge in [0.2, 0.25) is 10.0 Å². The molecule has 200 valence electrons. The van der Waals surface area contributed by atoms with Gasteiger partial charge in [0.25, 0.3) is 0 Å². The Morgan fingerprint density at radius 1 is 0.971 bits per heavy atom. The molecule has 1 aromatic heterocycles. The molecule has 1 aliphatic carbocycles. The van der Waals surface area contributed by atoms with Crippen LogP contribution in [-0.4, -0.2) is 44.4 Å². The fourth-order valence-corrected chi connectivity index (χ4v) is 7.01. The summed E-state index contributed by atoms with van der Waals surface area (Å²) < 4.78 is 33.3. The molecule has 1 fully saturated rings. The predicted molar refractivity (Wildman–Crippen MR) is 141 cm³/mol. The van der Waals surface area contributed by atoms with Crippen LogP contribution >= 0.6 is 11.3 Å². The van der Waals surface area contributed by atoms with Gasteiger partial charge in [0.1, 0.15) is 4.21 Å². The van der Waals surface area contributed by atoms with E-state index in [2.05, 4.69) is 11.6 Å². The molecule has 0 saturated heterocycles. The minimum atomic E-state index is -3.58. The number of esters is 1. The van der Waals surface area contributed by atoms with Crippen LogP contribution in [0.1, 0.15) is 109 Å². The molecule has 35 heavy (non-hydrogen) atoms. The Labute approximate surface area is 216 Å². The Morgan fingerprint density at radius 3 is 2.17 bits per heavy atom. The van der Waals surface area contributed by atoms with Crippen LogP contribution in [0.5, 0.6) is 0 Å². The lowest BCUT2D eigenvalue weighted by molar-refractivity contribution is -0.161.